The minimum absolute atomic E-state index is 0. The van der Waals surface area contributed by atoms with Gasteiger partial charge in [0, 0.05) is 12.6 Å². The third-order valence-corrected chi connectivity index (χ3v) is 3.90. The molecular formula is C15H24ClFN2. The van der Waals surface area contributed by atoms with Crippen LogP contribution in [0.1, 0.15) is 30.4 Å². The molecule has 0 spiro atoms. The van der Waals surface area contributed by atoms with Crippen molar-refractivity contribution in [1.82, 2.24) is 10.2 Å². The topological polar surface area (TPSA) is 15.3 Å². The Morgan fingerprint density at radius 2 is 2.11 bits per heavy atom. The molecule has 1 aliphatic heterocycles. The molecular weight excluding hydrogens is 263 g/mol. The van der Waals surface area contributed by atoms with Gasteiger partial charge in [-0.05, 0) is 69.6 Å². The van der Waals surface area contributed by atoms with Crippen molar-refractivity contribution in [2.24, 2.45) is 0 Å². The zero-order valence-electron chi connectivity index (χ0n) is 11.8. The zero-order valence-corrected chi connectivity index (χ0v) is 12.6. The van der Waals surface area contributed by atoms with Gasteiger partial charge in [0.15, 0.2) is 0 Å². The van der Waals surface area contributed by atoms with E-state index in [9.17, 15) is 4.39 Å². The van der Waals surface area contributed by atoms with Crippen molar-refractivity contribution in [1.29, 1.82) is 0 Å². The Bertz CT molecular complexity index is 390. The maximum Gasteiger partial charge on any atom is 0.123 e. The summed E-state index contributed by atoms with van der Waals surface area (Å²) < 4.78 is 13.3. The summed E-state index contributed by atoms with van der Waals surface area (Å²) in [5.41, 5.74) is 2.28. The predicted molar refractivity (Wildman–Crippen MR) is 80.4 cm³/mol. The minimum atomic E-state index is -0.133. The Hall–Kier alpha value is -0.640. The summed E-state index contributed by atoms with van der Waals surface area (Å²) in [4.78, 5) is 2.37. The highest BCUT2D eigenvalue weighted by molar-refractivity contribution is 5.85. The summed E-state index contributed by atoms with van der Waals surface area (Å²) in [5.74, 6) is -0.133. The second-order valence-electron chi connectivity index (χ2n) is 5.32. The highest BCUT2D eigenvalue weighted by atomic mass is 35.5. The summed E-state index contributed by atoms with van der Waals surface area (Å²) in [5, 5.41) is 3.43. The van der Waals surface area contributed by atoms with E-state index in [1.807, 2.05) is 6.07 Å². The largest absolute Gasteiger partial charge is 0.317 e. The van der Waals surface area contributed by atoms with Gasteiger partial charge in [0.25, 0.3) is 0 Å². The molecule has 0 aromatic heterocycles. The van der Waals surface area contributed by atoms with Gasteiger partial charge in [-0.2, -0.15) is 0 Å². The quantitative estimate of drug-likeness (QED) is 0.918. The summed E-state index contributed by atoms with van der Waals surface area (Å²) in [7, 11) is 2.15. The maximum absolute atomic E-state index is 13.3. The van der Waals surface area contributed by atoms with Crippen LogP contribution in [-0.4, -0.2) is 31.1 Å². The number of rotatable bonds is 3. The monoisotopic (exact) mass is 286 g/mol. The van der Waals surface area contributed by atoms with E-state index < -0.39 is 0 Å². The van der Waals surface area contributed by atoms with E-state index in [0.29, 0.717) is 6.04 Å². The summed E-state index contributed by atoms with van der Waals surface area (Å²) >= 11 is 0. The summed E-state index contributed by atoms with van der Waals surface area (Å²) in [6, 6.07) is 5.69. The van der Waals surface area contributed by atoms with Crippen LogP contribution in [0, 0.1) is 12.7 Å². The second kappa shape index (κ2) is 7.83. The molecule has 0 radical (unpaired) electrons. The first kappa shape index (κ1) is 16.4. The molecule has 1 aliphatic rings. The molecule has 0 bridgehead atoms. The van der Waals surface area contributed by atoms with Crippen LogP contribution < -0.4 is 5.32 Å². The lowest BCUT2D eigenvalue weighted by Crippen LogP contribution is -2.32. The lowest BCUT2D eigenvalue weighted by Gasteiger charge is -2.27. The van der Waals surface area contributed by atoms with Crippen molar-refractivity contribution >= 4 is 12.4 Å². The molecule has 2 rings (SSSR count). The SMILES string of the molecule is Cc1ccc(F)cc1CN(C)C1CCCNCC1.Cl. The van der Waals surface area contributed by atoms with Crippen molar-refractivity contribution in [3.05, 3.63) is 35.1 Å². The molecule has 1 aromatic rings. The fourth-order valence-corrected chi connectivity index (χ4v) is 2.65. The van der Waals surface area contributed by atoms with Crippen LogP contribution in [0.15, 0.2) is 18.2 Å². The van der Waals surface area contributed by atoms with Gasteiger partial charge >= 0.3 is 0 Å². The van der Waals surface area contributed by atoms with Crippen LogP contribution in [-0.2, 0) is 6.54 Å². The Morgan fingerprint density at radius 3 is 2.89 bits per heavy atom. The fraction of sp³-hybridized carbons (Fsp3) is 0.600. The molecule has 1 heterocycles. The zero-order chi connectivity index (χ0) is 13.0. The van der Waals surface area contributed by atoms with Gasteiger partial charge in [-0.15, -0.1) is 12.4 Å². The standard InChI is InChI=1S/C15H23FN2.ClH/c1-12-5-6-14(16)10-13(12)11-18(2)15-4-3-8-17-9-7-15;/h5-6,10,15,17H,3-4,7-9,11H2,1-2H3;1H. The molecule has 108 valence electrons. The first-order valence-electron chi connectivity index (χ1n) is 6.83. The van der Waals surface area contributed by atoms with Crippen molar-refractivity contribution in [3.8, 4) is 0 Å². The first-order chi connectivity index (χ1) is 8.66. The van der Waals surface area contributed by atoms with E-state index >= 15 is 0 Å². The number of nitrogens with one attached hydrogen (secondary N) is 1. The molecule has 2 nitrogen and oxygen atoms in total. The van der Waals surface area contributed by atoms with Crippen molar-refractivity contribution in [3.63, 3.8) is 0 Å². The molecule has 0 saturated carbocycles. The first-order valence-corrected chi connectivity index (χ1v) is 6.83. The van der Waals surface area contributed by atoms with Crippen LogP contribution in [0.3, 0.4) is 0 Å². The molecule has 0 amide bonds. The van der Waals surface area contributed by atoms with Crippen LogP contribution in [0.25, 0.3) is 0 Å². The normalized spacial score (nSPS) is 19.9. The average molecular weight is 287 g/mol. The van der Waals surface area contributed by atoms with E-state index in [1.165, 1.54) is 30.9 Å². The van der Waals surface area contributed by atoms with Crippen LogP contribution >= 0.6 is 12.4 Å². The Kier molecular flexibility index (Phi) is 6.76. The van der Waals surface area contributed by atoms with Gasteiger partial charge in [-0.1, -0.05) is 6.07 Å². The highest BCUT2D eigenvalue weighted by Crippen LogP contribution is 2.17. The summed E-state index contributed by atoms with van der Waals surface area (Å²) in [6.45, 7) is 5.12. The van der Waals surface area contributed by atoms with Crippen LogP contribution in [0.2, 0.25) is 0 Å². The van der Waals surface area contributed by atoms with Gasteiger partial charge in [0.05, 0.1) is 0 Å². The molecule has 1 saturated heterocycles. The number of aryl methyl sites for hydroxylation is 1. The van der Waals surface area contributed by atoms with E-state index in [-0.39, 0.29) is 18.2 Å². The van der Waals surface area contributed by atoms with Crippen LogP contribution in [0.4, 0.5) is 4.39 Å². The smallest absolute Gasteiger partial charge is 0.123 e. The van der Waals surface area contributed by atoms with Gasteiger partial charge in [0.1, 0.15) is 5.82 Å². The third kappa shape index (κ3) is 4.75. The molecule has 19 heavy (non-hydrogen) atoms. The van der Waals surface area contributed by atoms with Gasteiger partial charge in [0.2, 0.25) is 0 Å². The number of halogens is 2. The predicted octanol–water partition coefficient (Wildman–Crippen LogP) is 3.13. The number of hydrogen-bond donors (Lipinski definition) is 1. The average Bonchev–Trinajstić information content (AvgIpc) is 2.62. The molecule has 1 atom stereocenters. The Morgan fingerprint density at radius 1 is 1.32 bits per heavy atom. The van der Waals surface area contributed by atoms with Gasteiger partial charge in [-0.25, -0.2) is 4.39 Å². The van der Waals surface area contributed by atoms with Gasteiger partial charge < -0.3 is 5.32 Å². The maximum atomic E-state index is 13.3. The molecule has 1 N–H and O–H groups in total. The van der Waals surface area contributed by atoms with E-state index in [0.717, 1.165) is 25.2 Å². The molecule has 1 fully saturated rings. The number of hydrogen-bond acceptors (Lipinski definition) is 2. The van der Waals surface area contributed by atoms with Crippen molar-refractivity contribution < 1.29 is 4.39 Å². The minimum Gasteiger partial charge on any atom is -0.317 e. The fourth-order valence-electron chi connectivity index (χ4n) is 2.65. The van der Waals surface area contributed by atoms with Crippen LogP contribution in [0.5, 0.6) is 0 Å². The molecule has 1 aromatic carbocycles. The Balaban J connectivity index is 0.00000180. The molecule has 4 heteroatoms. The lowest BCUT2D eigenvalue weighted by atomic mass is 10.0. The number of benzene rings is 1. The summed E-state index contributed by atoms with van der Waals surface area (Å²) in [6.07, 6.45) is 3.65. The van der Waals surface area contributed by atoms with Gasteiger partial charge in [-0.3, -0.25) is 4.90 Å². The number of nitrogens with zero attached hydrogens (tertiary/aromatic N) is 1. The lowest BCUT2D eigenvalue weighted by molar-refractivity contribution is 0.216. The Labute approximate surface area is 121 Å². The molecule has 0 aliphatic carbocycles. The van der Waals surface area contributed by atoms with Crippen molar-refractivity contribution in [2.45, 2.75) is 38.8 Å². The highest BCUT2D eigenvalue weighted by Gasteiger charge is 2.17. The second-order valence-corrected chi connectivity index (χ2v) is 5.32. The van der Waals surface area contributed by atoms with Crippen molar-refractivity contribution in [2.75, 3.05) is 20.1 Å². The third-order valence-electron chi connectivity index (χ3n) is 3.90. The van der Waals surface area contributed by atoms with E-state index in [4.69, 9.17) is 0 Å². The van der Waals surface area contributed by atoms with E-state index in [2.05, 4.69) is 24.2 Å². The van der Waals surface area contributed by atoms with E-state index in [1.54, 1.807) is 6.07 Å². The molecule has 1 unspecified atom stereocenters.